The molecular weight excluding hydrogens is 297 g/mol. The van der Waals surface area contributed by atoms with Gasteiger partial charge in [0.1, 0.15) is 5.82 Å². The molecule has 20 heavy (non-hydrogen) atoms. The van der Waals surface area contributed by atoms with E-state index in [1.165, 1.54) is 23.7 Å². The van der Waals surface area contributed by atoms with Crippen molar-refractivity contribution in [3.05, 3.63) is 45.2 Å². The Kier molecular flexibility index (Phi) is 5.07. The molecule has 0 amide bonds. The average Bonchev–Trinajstić information content (AvgIpc) is 2.89. The Morgan fingerprint density at radius 3 is 2.80 bits per heavy atom. The summed E-state index contributed by atoms with van der Waals surface area (Å²) in [5, 5.41) is 8.01. The van der Waals surface area contributed by atoms with Crippen molar-refractivity contribution in [2.24, 2.45) is 0 Å². The molecule has 1 heterocycles. The molecule has 108 valence electrons. The maximum atomic E-state index is 13.4. The number of rotatable bonds is 5. The van der Waals surface area contributed by atoms with Crippen LogP contribution in [0.1, 0.15) is 41.9 Å². The van der Waals surface area contributed by atoms with E-state index < -0.39 is 0 Å². The molecule has 0 spiro atoms. The Labute approximate surface area is 127 Å². The highest BCUT2D eigenvalue weighted by molar-refractivity contribution is 7.05. The predicted molar refractivity (Wildman–Crippen MR) is 80.9 cm³/mol. The van der Waals surface area contributed by atoms with E-state index in [0.717, 1.165) is 16.1 Å². The van der Waals surface area contributed by atoms with Gasteiger partial charge in [0, 0.05) is 11.1 Å². The van der Waals surface area contributed by atoms with Crippen molar-refractivity contribution in [2.45, 2.75) is 32.2 Å². The van der Waals surface area contributed by atoms with Crippen LogP contribution in [0.5, 0.6) is 0 Å². The molecule has 0 saturated carbocycles. The highest BCUT2D eigenvalue weighted by Crippen LogP contribution is 2.30. The first kappa shape index (κ1) is 15.4. The highest BCUT2D eigenvalue weighted by atomic mass is 35.5. The summed E-state index contributed by atoms with van der Waals surface area (Å²) in [5.41, 5.74) is 1.77. The standard InChI is InChI=1S/C14H17ClFN3S/c1-8(2)13-14(20-19-18-13)12(17-3)7-9-6-10(16)4-5-11(9)15/h4-6,8,12,17H,7H2,1-3H3. The number of hydrogen-bond donors (Lipinski definition) is 1. The minimum atomic E-state index is -0.272. The monoisotopic (exact) mass is 313 g/mol. The van der Waals surface area contributed by atoms with Gasteiger partial charge in [0.25, 0.3) is 0 Å². The van der Waals surface area contributed by atoms with Gasteiger partial charge in [-0.3, -0.25) is 0 Å². The van der Waals surface area contributed by atoms with E-state index in [9.17, 15) is 4.39 Å². The number of nitrogens with zero attached hydrogens (tertiary/aromatic N) is 2. The van der Waals surface area contributed by atoms with Gasteiger partial charge in [-0.2, -0.15) is 0 Å². The third-order valence-corrected chi connectivity index (χ3v) is 4.41. The Hall–Kier alpha value is -1.04. The lowest BCUT2D eigenvalue weighted by atomic mass is 10.00. The lowest BCUT2D eigenvalue weighted by Crippen LogP contribution is -2.19. The van der Waals surface area contributed by atoms with Gasteiger partial charge in [-0.1, -0.05) is 29.9 Å². The van der Waals surface area contributed by atoms with Gasteiger partial charge >= 0.3 is 0 Å². The van der Waals surface area contributed by atoms with Crippen molar-refractivity contribution in [3.8, 4) is 0 Å². The molecule has 1 unspecified atom stereocenters. The first-order valence-electron chi connectivity index (χ1n) is 6.46. The van der Waals surface area contributed by atoms with Crippen molar-refractivity contribution in [1.29, 1.82) is 0 Å². The SMILES string of the molecule is CNC(Cc1cc(F)ccc1Cl)c1snnc1C(C)C. The molecule has 6 heteroatoms. The van der Waals surface area contributed by atoms with Crippen LogP contribution in [0.4, 0.5) is 4.39 Å². The number of aromatic nitrogens is 2. The van der Waals surface area contributed by atoms with Gasteiger partial charge < -0.3 is 5.32 Å². The Bertz CT molecular complexity index is 586. The van der Waals surface area contributed by atoms with Crippen molar-refractivity contribution in [1.82, 2.24) is 14.9 Å². The maximum absolute atomic E-state index is 13.4. The highest BCUT2D eigenvalue weighted by Gasteiger charge is 2.21. The molecule has 1 aromatic carbocycles. The van der Waals surface area contributed by atoms with Gasteiger partial charge in [0.2, 0.25) is 0 Å². The molecule has 0 bridgehead atoms. The molecule has 1 aromatic heterocycles. The fourth-order valence-electron chi connectivity index (χ4n) is 2.09. The van der Waals surface area contributed by atoms with Gasteiger partial charge in [0.05, 0.1) is 10.6 Å². The third-order valence-electron chi connectivity index (χ3n) is 3.18. The second-order valence-electron chi connectivity index (χ2n) is 4.96. The lowest BCUT2D eigenvalue weighted by molar-refractivity contribution is 0.582. The summed E-state index contributed by atoms with van der Waals surface area (Å²) >= 11 is 7.52. The maximum Gasteiger partial charge on any atom is 0.123 e. The van der Waals surface area contributed by atoms with Crippen LogP contribution >= 0.6 is 23.1 Å². The Balaban J connectivity index is 2.29. The summed E-state index contributed by atoms with van der Waals surface area (Å²) in [6.45, 7) is 4.17. The van der Waals surface area contributed by atoms with Crippen molar-refractivity contribution < 1.29 is 4.39 Å². The molecule has 1 N–H and O–H groups in total. The van der Waals surface area contributed by atoms with Crippen molar-refractivity contribution >= 4 is 23.1 Å². The summed E-state index contributed by atoms with van der Waals surface area (Å²) in [4.78, 5) is 1.09. The van der Waals surface area contributed by atoms with Crippen LogP contribution in [0.15, 0.2) is 18.2 Å². The lowest BCUT2D eigenvalue weighted by Gasteiger charge is -2.17. The molecule has 0 aliphatic rings. The van der Waals surface area contributed by atoms with Crippen LogP contribution < -0.4 is 5.32 Å². The van der Waals surface area contributed by atoms with E-state index in [0.29, 0.717) is 17.4 Å². The average molecular weight is 314 g/mol. The second kappa shape index (κ2) is 6.61. The topological polar surface area (TPSA) is 37.8 Å². The molecule has 0 radical (unpaired) electrons. The fourth-order valence-corrected chi connectivity index (χ4v) is 3.20. The summed E-state index contributed by atoms with van der Waals surface area (Å²) in [5.74, 6) is 0.0355. The molecule has 0 fully saturated rings. The summed E-state index contributed by atoms with van der Waals surface area (Å²) in [6.07, 6.45) is 0.608. The summed E-state index contributed by atoms with van der Waals surface area (Å²) in [7, 11) is 1.88. The van der Waals surface area contributed by atoms with Crippen molar-refractivity contribution in [3.63, 3.8) is 0 Å². The van der Waals surface area contributed by atoms with E-state index in [1.807, 2.05) is 7.05 Å². The van der Waals surface area contributed by atoms with Gasteiger partial charge in [-0.05, 0) is 54.7 Å². The van der Waals surface area contributed by atoms with E-state index in [1.54, 1.807) is 6.07 Å². The first-order valence-corrected chi connectivity index (χ1v) is 7.61. The molecule has 0 saturated heterocycles. The zero-order chi connectivity index (χ0) is 14.7. The normalized spacial score (nSPS) is 12.9. The second-order valence-corrected chi connectivity index (χ2v) is 6.15. The Morgan fingerprint density at radius 2 is 2.15 bits per heavy atom. The summed E-state index contributed by atoms with van der Waals surface area (Å²) in [6, 6.07) is 4.48. The number of hydrogen-bond acceptors (Lipinski definition) is 4. The first-order chi connectivity index (χ1) is 9.52. The summed E-state index contributed by atoms with van der Waals surface area (Å²) < 4.78 is 17.4. The number of nitrogens with one attached hydrogen (secondary N) is 1. The number of benzene rings is 1. The minimum absolute atomic E-state index is 0.0340. The van der Waals surface area contributed by atoms with Crippen molar-refractivity contribution in [2.75, 3.05) is 7.05 Å². The molecule has 0 aliphatic carbocycles. The molecule has 2 aromatic rings. The predicted octanol–water partition coefficient (Wildman–Crippen LogP) is 3.96. The van der Waals surface area contributed by atoms with Crippen LogP contribution in [0.2, 0.25) is 5.02 Å². The van der Waals surface area contributed by atoms with Crippen LogP contribution in [0.3, 0.4) is 0 Å². The molecule has 3 nitrogen and oxygen atoms in total. The van der Waals surface area contributed by atoms with Gasteiger partial charge in [0.15, 0.2) is 0 Å². The zero-order valence-corrected chi connectivity index (χ0v) is 13.2. The van der Waals surface area contributed by atoms with Crippen LogP contribution in [0, 0.1) is 5.82 Å². The van der Waals surface area contributed by atoms with E-state index in [2.05, 4.69) is 28.8 Å². The molecular formula is C14H17ClFN3S. The largest absolute Gasteiger partial charge is 0.312 e. The number of halogens is 2. The smallest absolute Gasteiger partial charge is 0.123 e. The molecule has 2 rings (SSSR count). The van der Waals surface area contributed by atoms with Crippen LogP contribution in [-0.2, 0) is 6.42 Å². The van der Waals surface area contributed by atoms with Crippen LogP contribution in [0.25, 0.3) is 0 Å². The minimum Gasteiger partial charge on any atom is -0.312 e. The third kappa shape index (κ3) is 3.34. The van der Waals surface area contributed by atoms with Gasteiger partial charge in [-0.15, -0.1) is 5.10 Å². The number of likely N-dealkylation sites (N-methyl/N-ethyl adjacent to an activating group) is 1. The molecule has 0 aliphatic heterocycles. The molecule has 1 atom stereocenters. The quantitative estimate of drug-likeness (QED) is 0.908. The zero-order valence-electron chi connectivity index (χ0n) is 11.7. The fraction of sp³-hybridized carbons (Fsp3) is 0.429. The van der Waals surface area contributed by atoms with E-state index in [4.69, 9.17) is 11.6 Å². The van der Waals surface area contributed by atoms with E-state index in [-0.39, 0.29) is 11.9 Å². The Morgan fingerprint density at radius 1 is 1.40 bits per heavy atom. The van der Waals surface area contributed by atoms with Crippen LogP contribution in [-0.4, -0.2) is 16.6 Å². The van der Waals surface area contributed by atoms with E-state index >= 15 is 0 Å². The van der Waals surface area contributed by atoms with Gasteiger partial charge in [-0.25, -0.2) is 4.39 Å².